The molecule has 6 aromatic rings. The van der Waals surface area contributed by atoms with Gasteiger partial charge in [0.25, 0.3) is 16.6 Å². The molecule has 0 saturated carbocycles. The Morgan fingerprint density at radius 1 is 0.548 bits per heavy atom. The Kier molecular flexibility index (Phi) is 21.9. The molecule has 0 fully saturated rings. The molecule has 6 rings (SSSR count). The van der Waals surface area contributed by atoms with Crippen molar-refractivity contribution < 1.29 is 23.5 Å². The van der Waals surface area contributed by atoms with Gasteiger partial charge in [-0.1, -0.05) is 250 Å². The molecule has 0 aliphatic carbocycles. The summed E-state index contributed by atoms with van der Waals surface area (Å²) < 4.78 is 14.2. The largest absolute Gasteiger partial charge is 0.407 e. The molecule has 0 radical (unpaired) electrons. The molecule has 1 N–H and O–H groups in total. The van der Waals surface area contributed by atoms with Crippen molar-refractivity contribution in [1.82, 2.24) is 4.90 Å². The van der Waals surface area contributed by atoms with Crippen LogP contribution < -0.4 is 20.7 Å². The number of allylic oxidation sites excluding steroid dienone is 2. The number of aliphatic hydroxyl groups excluding tert-OH is 1. The van der Waals surface area contributed by atoms with Crippen molar-refractivity contribution >= 4 is 49.6 Å². The third-order valence-electron chi connectivity index (χ3n) is 14.2. The second kappa shape index (κ2) is 27.5. The van der Waals surface area contributed by atoms with Gasteiger partial charge in [0, 0.05) is 32.1 Å². The van der Waals surface area contributed by atoms with Gasteiger partial charge in [0.05, 0.1) is 6.04 Å². The van der Waals surface area contributed by atoms with Crippen LogP contribution in [0, 0.1) is 23.7 Å². The van der Waals surface area contributed by atoms with Crippen molar-refractivity contribution in [1.29, 1.82) is 0 Å². The fourth-order valence-corrected chi connectivity index (χ4v) is 20.0. The van der Waals surface area contributed by atoms with Gasteiger partial charge in [-0.15, -0.1) is 13.2 Å². The molecule has 0 saturated heterocycles. The molecule has 0 bridgehead atoms. The molecule has 1 amide bonds. The van der Waals surface area contributed by atoms with Crippen molar-refractivity contribution in [2.75, 3.05) is 20.3 Å². The maximum Gasteiger partial charge on any atom is 0.261 e. The standard InChI is InChI=1S/C40H49NO3Si.C25H34O2Si/c1-7-20-34(39(43)41(6)37(32-21-12-8-13-22-32)38(42)33-23-14-9-15-24-33)29-31(2)30-44-45(40(3,4)5,35-25-16-10-17-26-35)36-27-18-11-19-28-36;1-6-13-22(19-26)18-21(2)20-27-28(25(3,4)5,23-14-9-7-10-15-23)24-16-11-8-12-17-24/h7-19,21-28,31,34,37-38,42H,1,20,29-30H2,2-6H3;6-12,14-17,19,21-22H,1,13,18,20H2,2-5H3/t31-,34+,37-,38-;21-,22+/m11/s1. The summed E-state index contributed by atoms with van der Waals surface area (Å²) in [6.45, 7) is 27.0. The minimum absolute atomic E-state index is 0.00367. The van der Waals surface area contributed by atoms with Gasteiger partial charge in [-0.3, -0.25) is 4.79 Å². The van der Waals surface area contributed by atoms with E-state index < -0.39 is 28.8 Å². The van der Waals surface area contributed by atoms with Gasteiger partial charge in [-0.05, 0) is 79.5 Å². The molecule has 6 nitrogen and oxygen atoms in total. The number of aldehydes is 1. The van der Waals surface area contributed by atoms with Gasteiger partial charge in [0.15, 0.2) is 0 Å². The highest BCUT2D eigenvalue weighted by Crippen LogP contribution is 2.40. The van der Waals surface area contributed by atoms with E-state index in [1.807, 2.05) is 79.9 Å². The second-order valence-corrected chi connectivity index (χ2v) is 30.5. The molecule has 73 heavy (non-hydrogen) atoms. The minimum Gasteiger partial charge on any atom is -0.407 e. The van der Waals surface area contributed by atoms with E-state index >= 15 is 0 Å². The normalized spacial score (nSPS) is 14.5. The first-order valence-electron chi connectivity index (χ1n) is 26.2. The third-order valence-corrected chi connectivity index (χ3v) is 24.2. The second-order valence-electron chi connectivity index (χ2n) is 21.9. The highest BCUT2D eigenvalue weighted by atomic mass is 28.4. The molecule has 0 heterocycles. The highest BCUT2D eigenvalue weighted by Gasteiger charge is 2.51. The predicted molar refractivity (Wildman–Crippen MR) is 311 cm³/mol. The van der Waals surface area contributed by atoms with E-state index in [0.717, 1.165) is 30.3 Å². The van der Waals surface area contributed by atoms with Crippen LogP contribution in [0.4, 0.5) is 0 Å². The van der Waals surface area contributed by atoms with E-state index in [4.69, 9.17) is 8.85 Å². The summed E-state index contributed by atoms with van der Waals surface area (Å²) in [5, 5.41) is 16.5. The number of rotatable bonds is 24. The topological polar surface area (TPSA) is 76.1 Å². The van der Waals surface area contributed by atoms with Crippen LogP contribution in [-0.2, 0) is 18.4 Å². The summed E-state index contributed by atoms with van der Waals surface area (Å²) in [5.74, 6) is 0.144. The third kappa shape index (κ3) is 14.7. The molecular weight excluding hydrogens is 931 g/mol. The monoisotopic (exact) mass is 1010 g/mol. The highest BCUT2D eigenvalue weighted by molar-refractivity contribution is 7.00. The van der Waals surface area contributed by atoms with Gasteiger partial charge in [0.2, 0.25) is 5.91 Å². The van der Waals surface area contributed by atoms with E-state index in [2.05, 4.69) is 190 Å². The molecule has 0 aliphatic heterocycles. The quantitative estimate of drug-likeness (QED) is 0.0371. The van der Waals surface area contributed by atoms with Gasteiger partial charge in [-0.25, -0.2) is 0 Å². The molecule has 6 atom stereocenters. The molecule has 0 aliphatic rings. The maximum atomic E-state index is 14.3. The smallest absolute Gasteiger partial charge is 0.261 e. The van der Waals surface area contributed by atoms with Crippen molar-refractivity contribution in [3.05, 3.63) is 218 Å². The Bertz CT molecular complexity index is 2470. The predicted octanol–water partition coefficient (Wildman–Crippen LogP) is 12.7. The van der Waals surface area contributed by atoms with Gasteiger partial charge in [0.1, 0.15) is 12.4 Å². The van der Waals surface area contributed by atoms with Crippen LogP contribution in [0.2, 0.25) is 10.1 Å². The first-order valence-corrected chi connectivity index (χ1v) is 30.0. The maximum absolute atomic E-state index is 14.3. The zero-order valence-electron chi connectivity index (χ0n) is 45.2. The lowest BCUT2D eigenvalue weighted by Crippen LogP contribution is -2.66. The Labute approximate surface area is 441 Å². The number of carbonyl (C=O) groups excluding carboxylic acids is 2. The Hall–Kier alpha value is -5.75. The fourth-order valence-electron chi connectivity index (χ4n) is 10.6. The zero-order chi connectivity index (χ0) is 53.1. The first-order chi connectivity index (χ1) is 34.9. The van der Waals surface area contributed by atoms with Crippen molar-refractivity contribution in [2.45, 2.75) is 103 Å². The lowest BCUT2D eigenvalue weighted by atomic mass is 9.89. The first kappa shape index (κ1) is 58.1. The molecular formula is C65H83NO5Si2. The summed E-state index contributed by atoms with van der Waals surface area (Å²) in [5.41, 5.74) is 1.67. The summed E-state index contributed by atoms with van der Waals surface area (Å²) >= 11 is 0. The summed E-state index contributed by atoms with van der Waals surface area (Å²) in [6, 6.07) is 61.5. The van der Waals surface area contributed by atoms with Crippen molar-refractivity contribution in [3.8, 4) is 0 Å². The van der Waals surface area contributed by atoms with E-state index in [9.17, 15) is 14.7 Å². The van der Waals surface area contributed by atoms with Crippen LogP contribution >= 0.6 is 0 Å². The fraction of sp³-hybridized carbons (Fsp3) is 0.354. The Balaban J connectivity index is 0.000000303. The van der Waals surface area contributed by atoms with Crippen molar-refractivity contribution in [2.24, 2.45) is 23.7 Å². The van der Waals surface area contributed by atoms with Crippen LogP contribution in [0.25, 0.3) is 0 Å². The number of hydrogen-bond donors (Lipinski definition) is 1. The Morgan fingerprint density at radius 2 is 0.877 bits per heavy atom. The van der Waals surface area contributed by atoms with Crippen LogP contribution in [0.15, 0.2) is 207 Å². The Morgan fingerprint density at radius 3 is 1.21 bits per heavy atom. The number of likely N-dealkylation sites (N-methyl/N-ethyl adjacent to an activating group) is 1. The van der Waals surface area contributed by atoms with Gasteiger partial charge >= 0.3 is 0 Å². The van der Waals surface area contributed by atoms with E-state index in [-0.39, 0.29) is 33.7 Å². The minimum atomic E-state index is -2.69. The van der Waals surface area contributed by atoms with Gasteiger partial charge in [-0.2, -0.15) is 0 Å². The lowest BCUT2D eigenvalue weighted by molar-refractivity contribution is -0.139. The number of amides is 1. The molecule has 0 spiro atoms. The van der Waals surface area contributed by atoms with Crippen molar-refractivity contribution in [3.63, 3.8) is 0 Å². The van der Waals surface area contributed by atoms with Crippen LogP contribution in [0.1, 0.15) is 104 Å². The molecule has 0 aromatic heterocycles. The average Bonchev–Trinajstić information content (AvgIpc) is 3.39. The van der Waals surface area contributed by atoms with E-state index in [1.165, 1.54) is 20.7 Å². The van der Waals surface area contributed by atoms with Crippen LogP contribution in [0.3, 0.4) is 0 Å². The summed E-state index contributed by atoms with van der Waals surface area (Å²) in [4.78, 5) is 27.3. The van der Waals surface area contributed by atoms with Crippen LogP contribution in [0.5, 0.6) is 0 Å². The molecule has 8 heteroatoms. The zero-order valence-corrected chi connectivity index (χ0v) is 47.2. The van der Waals surface area contributed by atoms with Crippen LogP contribution in [-0.4, -0.2) is 59.1 Å². The molecule has 0 unspecified atom stereocenters. The number of benzene rings is 6. The summed E-state index contributed by atoms with van der Waals surface area (Å²) in [7, 11) is -3.38. The summed E-state index contributed by atoms with van der Waals surface area (Å²) in [6.07, 6.45) is 6.60. The molecule has 386 valence electrons. The SMILES string of the molecule is C=CC[C@@H](C[C@@H](C)CO[Si](c1ccccc1)(c1ccccc1)C(C)(C)C)C(=O)N(C)[C@H](c1ccccc1)[C@H](O)c1ccccc1.C=CC[C@H](C=O)C[C@@H](C)CO[Si](c1ccccc1)(c1ccccc1)C(C)(C)C. The number of hydrogen-bond acceptors (Lipinski definition) is 5. The van der Waals surface area contributed by atoms with Gasteiger partial charge < -0.3 is 23.7 Å². The number of carbonyl (C=O) groups is 2. The average molecular weight is 1010 g/mol. The molecule has 6 aromatic carbocycles. The number of nitrogens with zero attached hydrogens (tertiary/aromatic N) is 1. The van der Waals surface area contributed by atoms with E-state index in [0.29, 0.717) is 32.0 Å². The lowest BCUT2D eigenvalue weighted by Gasteiger charge is -2.43. The van der Waals surface area contributed by atoms with E-state index in [1.54, 1.807) is 4.90 Å². The number of aliphatic hydroxyl groups is 1.